The van der Waals surface area contributed by atoms with E-state index in [0.717, 1.165) is 6.54 Å². The minimum atomic E-state index is -2.79. The highest BCUT2D eigenvalue weighted by molar-refractivity contribution is 5.50. The molecule has 0 fully saturated rings. The van der Waals surface area contributed by atoms with E-state index in [1.807, 2.05) is 13.1 Å². The van der Waals surface area contributed by atoms with Gasteiger partial charge < -0.3 is 9.15 Å². The highest BCUT2D eigenvalue weighted by Gasteiger charge is 2.17. The lowest BCUT2D eigenvalue weighted by atomic mass is 10.2. The van der Waals surface area contributed by atoms with Gasteiger partial charge in [0.05, 0.1) is 11.3 Å². The summed E-state index contributed by atoms with van der Waals surface area (Å²) in [6, 6.07) is 5.11. The van der Waals surface area contributed by atoms with Crippen LogP contribution in [0.2, 0.25) is 0 Å². The van der Waals surface area contributed by atoms with Crippen molar-refractivity contribution < 1.29 is 17.9 Å². The Kier molecular flexibility index (Phi) is 4.26. The molecule has 7 nitrogen and oxygen atoms in total. The van der Waals surface area contributed by atoms with Gasteiger partial charge in [-0.05, 0) is 19.1 Å². The first kappa shape index (κ1) is 15.1. The molecule has 0 saturated carbocycles. The normalized spacial score (nSPS) is 11.1. The standard InChI is InChI=1S/C14H13F2N5O2/c1-2-21-6-5-11(20-21)22-8-10-4-3-9(7-17-10)13-18-19-14(23-13)12(15)16/h3-7,12H,2,8H2,1H3. The van der Waals surface area contributed by atoms with Crippen LogP contribution in [0.15, 0.2) is 35.0 Å². The van der Waals surface area contributed by atoms with E-state index in [4.69, 9.17) is 9.15 Å². The highest BCUT2D eigenvalue weighted by atomic mass is 19.3. The Morgan fingerprint density at radius 1 is 1.26 bits per heavy atom. The maximum atomic E-state index is 12.4. The molecule has 3 aromatic heterocycles. The molecule has 0 aromatic carbocycles. The number of hydrogen-bond donors (Lipinski definition) is 0. The maximum absolute atomic E-state index is 12.4. The number of nitrogens with zero attached hydrogens (tertiary/aromatic N) is 5. The van der Waals surface area contributed by atoms with Gasteiger partial charge in [-0.25, -0.2) is 0 Å². The molecule has 0 atom stereocenters. The fraction of sp³-hybridized carbons (Fsp3) is 0.286. The molecular weight excluding hydrogens is 308 g/mol. The summed E-state index contributed by atoms with van der Waals surface area (Å²) in [6.07, 6.45) is 0.494. The van der Waals surface area contributed by atoms with Crippen LogP contribution in [0.25, 0.3) is 11.5 Å². The number of hydrogen-bond acceptors (Lipinski definition) is 6. The summed E-state index contributed by atoms with van der Waals surface area (Å²) in [5.41, 5.74) is 1.12. The molecule has 0 saturated heterocycles. The number of pyridine rings is 1. The van der Waals surface area contributed by atoms with Crippen LogP contribution in [0.3, 0.4) is 0 Å². The molecule has 0 amide bonds. The summed E-state index contributed by atoms with van der Waals surface area (Å²) in [5.74, 6) is -0.197. The number of rotatable bonds is 6. The predicted octanol–water partition coefficient (Wildman–Crippen LogP) is 2.86. The number of aromatic nitrogens is 5. The van der Waals surface area contributed by atoms with Gasteiger partial charge in [-0.15, -0.1) is 15.3 Å². The third kappa shape index (κ3) is 3.50. The SMILES string of the molecule is CCn1ccc(OCc2ccc(-c3nnc(C(F)F)o3)cn2)n1. The molecule has 0 N–H and O–H groups in total. The zero-order valence-electron chi connectivity index (χ0n) is 12.2. The van der Waals surface area contributed by atoms with E-state index in [9.17, 15) is 8.78 Å². The number of ether oxygens (including phenoxy) is 1. The molecule has 0 spiro atoms. The van der Waals surface area contributed by atoms with Crippen molar-refractivity contribution in [3.63, 3.8) is 0 Å². The van der Waals surface area contributed by atoms with E-state index in [1.54, 1.807) is 22.9 Å². The lowest BCUT2D eigenvalue weighted by molar-refractivity contribution is 0.116. The fourth-order valence-electron chi connectivity index (χ4n) is 1.82. The lowest BCUT2D eigenvalue weighted by Crippen LogP contribution is -2.00. The maximum Gasteiger partial charge on any atom is 0.314 e. The topological polar surface area (TPSA) is 78.9 Å². The Bertz CT molecular complexity index is 770. The van der Waals surface area contributed by atoms with Gasteiger partial charge in [0.25, 0.3) is 5.89 Å². The van der Waals surface area contributed by atoms with E-state index < -0.39 is 12.3 Å². The zero-order chi connectivity index (χ0) is 16.2. The van der Waals surface area contributed by atoms with Gasteiger partial charge in [0.1, 0.15) is 6.61 Å². The average Bonchev–Trinajstić information content (AvgIpc) is 3.23. The van der Waals surface area contributed by atoms with Crippen molar-refractivity contribution in [3.05, 3.63) is 42.2 Å². The van der Waals surface area contributed by atoms with Gasteiger partial charge in [-0.1, -0.05) is 0 Å². The Morgan fingerprint density at radius 3 is 2.74 bits per heavy atom. The molecule has 3 aromatic rings. The molecule has 0 aliphatic carbocycles. The Morgan fingerprint density at radius 2 is 2.13 bits per heavy atom. The summed E-state index contributed by atoms with van der Waals surface area (Å²) in [5, 5.41) is 11.0. The van der Waals surface area contributed by atoms with Gasteiger partial charge in [-0.3, -0.25) is 9.67 Å². The predicted molar refractivity (Wildman–Crippen MR) is 74.7 cm³/mol. The molecule has 0 bridgehead atoms. The highest BCUT2D eigenvalue weighted by Crippen LogP contribution is 2.22. The third-order valence-electron chi connectivity index (χ3n) is 3.01. The Labute approximate surface area is 129 Å². The smallest absolute Gasteiger partial charge is 0.314 e. The minimum absolute atomic E-state index is 0.00181. The van der Waals surface area contributed by atoms with E-state index in [1.165, 1.54) is 6.20 Å². The molecular formula is C14H13F2N5O2. The Hall–Kier alpha value is -2.84. The molecule has 23 heavy (non-hydrogen) atoms. The molecule has 3 heterocycles. The molecule has 0 unspecified atom stereocenters. The van der Waals surface area contributed by atoms with Gasteiger partial charge in [-0.2, -0.15) is 8.78 Å². The summed E-state index contributed by atoms with van der Waals surface area (Å²) >= 11 is 0. The lowest BCUT2D eigenvalue weighted by Gasteiger charge is -2.03. The third-order valence-corrected chi connectivity index (χ3v) is 3.01. The summed E-state index contributed by atoms with van der Waals surface area (Å²) in [6.45, 7) is 2.99. The van der Waals surface area contributed by atoms with Crippen molar-refractivity contribution in [3.8, 4) is 17.3 Å². The van der Waals surface area contributed by atoms with Gasteiger partial charge in [0, 0.05) is 25.0 Å². The zero-order valence-corrected chi connectivity index (χ0v) is 12.2. The van der Waals surface area contributed by atoms with Crippen LogP contribution in [0.4, 0.5) is 8.78 Å². The Balaban J connectivity index is 1.64. The van der Waals surface area contributed by atoms with E-state index in [0.29, 0.717) is 17.1 Å². The fourth-order valence-corrected chi connectivity index (χ4v) is 1.82. The first-order valence-corrected chi connectivity index (χ1v) is 6.89. The van der Waals surface area contributed by atoms with E-state index >= 15 is 0 Å². The van der Waals surface area contributed by atoms with Crippen molar-refractivity contribution in [1.82, 2.24) is 25.0 Å². The van der Waals surface area contributed by atoms with Gasteiger partial charge in [0.15, 0.2) is 0 Å². The molecule has 0 aliphatic heterocycles. The van der Waals surface area contributed by atoms with Crippen LogP contribution >= 0.6 is 0 Å². The minimum Gasteiger partial charge on any atom is -0.470 e. The van der Waals surface area contributed by atoms with Crippen molar-refractivity contribution in [2.75, 3.05) is 0 Å². The van der Waals surface area contributed by atoms with Gasteiger partial charge in [0.2, 0.25) is 11.8 Å². The monoisotopic (exact) mass is 321 g/mol. The summed E-state index contributed by atoms with van der Waals surface area (Å²) in [7, 11) is 0. The quantitative estimate of drug-likeness (QED) is 0.694. The second kappa shape index (κ2) is 6.51. The molecule has 9 heteroatoms. The van der Waals surface area contributed by atoms with Crippen LogP contribution in [-0.2, 0) is 13.2 Å². The summed E-state index contributed by atoms with van der Waals surface area (Å²) in [4.78, 5) is 4.18. The van der Waals surface area contributed by atoms with Crippen molar-refractivity contribution >= 4 is 0 Å². The molecule has 3 rings (SSSR count). The second-order valence-electron chi connectivity index (χ2n) is 4.58. The van der Waals surface area contributed by atoms with Crippen LogP contribution in [0, 0.1) is 0 Å². The first-order valence-electron chi connectivity index (χ1n) is 6.89. The largest absolute Gasteiger partial charge is 0.470 e. The van der Waals surface area contributed by atoms with Crippen molar-refractivity contribution in [1.29, 1.82) is 0 Å². The van der Waals surface area contributed by atoms with Crippen LogP contribution in [0.5, 0.6) is 5.88 Å². The number of halogens is 2. The van der Waals surface area contributed by atoms with Crippen molar-refractivity contribution in [2.24, 2.45) is 0 Å². The van der Waals surface area contributed by atoms with Crippen molar-refractivity contribution in [2.45, 2.75) is 26.5 Å². The van der Waals surface area contributed by atoms with Crippen LogP contribution in [-0.4, -0.2) is 25.0 Å². The van der Waals surface area contributed by atoms with Crippen LogP contribution in [0.1, 0.15) is 24.9 Å². The molecule has 0 aliphatic rings. The van der Waals surface area contributed by atoms with E-state index in [2.05, 4.69) is 20.3 Å². The molecule has 120 valence electrons. The summed E-state index contributed by atoms with van der Waals surface area (Å²) < 4.78 is 36.9. The number of aryl methyl sites for hydroxylation is 1. The second-order valence-corrected chi connectivity index (χ2v) is 4.58. The number of alkyl halides is 2. The van der Waals surface area contributed by atoms with Gasteiger partial charge >= 0.3 is 6.43 Å². The van der Waals surface area contributed by atoms with E-state index in [-0.39, 0.29) is 12.5 Å². The van der Waals surface area contributed by atoms with Crippen LogP contribution < -0.4 is 4.74 Å². The molecule has 0 radical (unpaired) electrons. The first-order chi connectivity index (χ1) is 11.2. The average molecular weight is 321 g/mol.